The molecule has 0 saturated heterocycles. The summed E-state index contributed by atoms with van der Waals surface area (Å²) in [5.41, 5.74) is 0.762. The minimum absolute atomic E-state index is 0.0164. The molecule has 92 valence electrons. The van der Waals surface area contributed by atoms with Gasteiger partial charge in [-0.3, -0.25) is 4.79 Å². The molecule has 0 atom stereocenters. The Hall–Kier alpha value is -1.81. The Balaban J connectivity index is 1.88. The van der Waals surface area contributed by atoms with E-state index in [1.165, 1.54) is 0 Å². The van der Waals surface area contributed by atoms with Crippen molar-refractivity contribution in [2.24, 2.45) is 0 Å². The lowest BCUT2D eigenvalue weighted by Gasteiger charge is -2.08. The van der Waals surface area contributed by atoms with Crippen LogP contribution in [-0.4, -0.2) is 12.5 Å². The van der Waals surface area contributed by atoms with Gasteiger partial charge < -0.3 is 10.1 Å². The summed E-state index contributed by atoms with van der Waals surface area (Å²) < 4.78 is 6.24. The van der Waals surface area contributed by atoms with Crippen molar-refractivity contribution in [3.63, 3.8) is 0 Å². The molecule has 2 rings (SSSR count). The predicted octanol–water partition coefficient (Wildman–Crippen LogP) is 3.47. The smallest absolute Gasteiger partial charge is 0.262 e. The summed E-state index contributed by atoms with van der Waals surface area (Å²) >= 11 is 3.36. The average Bonchev–Trinajstić information content (AvgIpc) is 2.39. The van der Waals surface area contributed by atoms with Crippen LogP contribution in [0.15, 0.2) is 59.1 Å². The van der Waals surface area contributed by atoms with Gasteiger partial charge in [0.25, 0.3) is 5.91 Å². The van der Waals surface area contributed by atoms with Crippen LogP contribution in [0.25, 0.3) is 0 Å². The molecule has 2 aromatic rings. The number of rotatable bonds is 4. The van der Waals surface area contributed by atoms with Crippen LogP contribution in [0.1, 0.15) is 0 Å². The third-order valence-corrected chi connectivity index (χ3v) is 2.91. The van der Waals surface area contributed by atoms with Gasteiger partial charge in [-0.05, 0) is 40.2 Å². The summed E-state index contributed by atoms with van der Waals surface area (Å²) in [6, 6.07) is 16.7. The Labute approximate surface area is 114 Å². The summed E-state index contributed by atoms with van der Waals surface area (Å²) in [6.07, 6.45) is 0. The van der Waals surface area contributed by atoms with E-state index < -0.39 is 0 Å². The molecule has 0 radical (unpaired) electrons. The van der Waals surface area contributed by atoms with Crippen LogP contribution in [0.2, 0.25) is 0 Å². The van der Waals surface area contributed by atoms with E-state index in [9.17, 15) is 4.79 Å². The number of amides is 1. The summed E-state index contributed by atoms with van der Waals surface area (Å²) in [5, 5.41) is 2.75. The first-order chi connectivity index (χ1) is 8.75. The van der Waals surface area contributed by atoms with E-state index in [4.69, 9.17) is 4.74 Å². The Morgan fingerprint density at radius 1 is 1.06 bits per heavy atom. The lowest BCUT2D eigenvalue weighted by molar-refractivity contribution is -0.118. The van der Waals surface area contributed by atoms with Crippen molar-refractivity contribution in [1.29, 1.82) is 0 Å². The average molecular weight is 306 g/mol. The van der Waals surface area contributed by atoms with Gasteiger partial charge in [0.05, 0.1) is 4.47 Å². The molecule has 2 aromatic carbocycles. The van der Waals surface area contributed by atoms with E-state index in [0.717, 1.165) is 10.2 Å². The Morgan fingerprint density at radius 3 is 2.44 bits per heavy atom. The molecule has 0 aromatic heterocycles. The van der Waals surface area contributed by atoms with Crippen molar-refractivity contribution in [3.05, 3.63) is 59.1 Å². The highest BCUT2D eigenvalue weighted by molar-refractivity contribution is 9.10. The van der Waals surface area contributed by atoms with Crippen LogP contribution >= 0.6 is 15.9 Å². The highest BCUT2D eigenvalue weighted by Gasteiger charge is 2.05. The van der Waals surface area contributed by atoms with Gasteiger partial charge in [0.15, 0.2) is 6.61 Å². The molecular weight excluding hydrogens is 294 g/mol. The third-order valence-electron chi connectivity index (χ3n) is 2.25. The zero-order valence-electron chi connectivity index (χ0n) is 9.60. The summed E-state index contributed by atoms with van der Waals surface area (Å²) in [4.78, 5) is 11.6. The maximum Gasteiger partial charge on any atom is 0.262 e. The number of hydrogen-bond acceptors (Lipinski definition) is 2. The normalized spacial score (nSPS) is 9.83. The van der Waals surface area contributed by atoms with Gasteiger partial charge in [0, 0.05) is 5.69 Å². The van der Waals surface area contributed by atoms with Gasteiger partial charge in [0.2, 0.25) is 0 Å². The summed E-state index contributed by atoms with van der Waals surface area (Å²) in [7, 11) is 0. The number of nitrogens with one attached hydrogen (secondary N) is 1. The van der Waals surface area contributed by atoms with Gasteiger partial charge in [-0.2, -0.15) is 0 Å². The Bertz CT molecular complexity index is 528. The summed E-state index contributed by atoms with van der Waals surface area (Å²) in [5.74, 6) is 0.470. The van der Waals surface area contributed by atoms with Crippen LogP contribution in [0, 0.1) is 0 Å². The molecule has 18 heavy (non-hydrogen) atoms. The van der Waals surface area contributed by atoms with Gasteiger partial charge in [-0.1, -0.05) is 30.3 Å². The van der Waals surface area contributed by atoms with Crippen molar-refractivity contribution in [2.75, 3.05) is 11.9 Å². The van der Waals surface area contributed by atoms with E-state index in [2.05, 4.69) is 21.2 Å². The highest BCUT2D eigenvalue weighted by Crippen LogP contribution is 2.23. The maximum atomic E-state index is 11.6. The molecule has 0 fully saturated rings. The van der Waals surface area contributed by atoms with Crippen molar-refractivity contribution in [2.45, 2.75) is 0 Å². The fourth-order valence-corrected chi connectivity index (χ4v) is 1.82. The molecule has 1 amide bonds. The predicted molar refractivity (Wildman–Crippen MR) is 74.7 cm³/mol. The van der Waals surface area contributed by atoms with Crippen LogP contribution in [0.5, 0.6) is 5.75 Å². The maximum absolute atomic E-state index is 11.6. The second-order valence-electron chi connectivity index (χ2n) is 3.63. The largest absolute Gasteiger partial charge is 0.483 e. The lowest BCUT2D eigenvalue weighted by Crippen LogP contribution is -2.20. The first-order valence-electron chi connectivity index (χ1n) is 5.48. The SMILES string of the molecule is O=C(COc1ccccc1Br)Nc1ccccc1. The molecule has 0 heterocycles. The molecule has 0 spiro atoms. The topological polar surface area (TPSA) is 38.3 Å². The van der Waals surface area contributed by atoms with E-state index in [-0.39, 0.29) is 12.5 Å². The van der Waals surface area contributed by atoms with Crippen molar-refractivity contribution >= 4 is 27.5 Å². The van der Waals surface area contributed by atoms with Crippen molar-refractivity contribution in [3.8, 4) is 5.75 Å². The first-order valence-corrected chi connectivity index (χ1v) is 6.27. The number of carbonyl (C=O) groups is 1. The van der Waals surface area contributed by atoms with E-state index >= 15 is 0 Å². The second kappa shape index (κ2) is 6.21. The van der Waals surface area contributed by atoms with Crippen LogP contribution in [-0.2, 0) is 4.79 Å². The quantitative estimate of drug-likeness (QED) is 0.939. The monoisotopic (exact) mass is 305 g/mol. The minimum Gasteiger partial charge on any atom is -0.483 e. The fraction of sp³-hybridized carbons (Fsp3) is 0.0714. The van der Waals surface area contributed by atoms with Crippen LogP contribution in [0.3, 0.4) is 0 Å². The zero-order valence-corrected chi connectivity index (χ0v) is 11.2. The molecular formula is C14H12BrNO2. The zero-order chi connectivity index (χ0) is 12.8. The number of ether oxygens (including phenoxy) is 1. The van der Waals surface area contributed by atoms with E-state index in [1.807, 2.05) is 48.5 Å². The highest BCUT2D eigenvalue weighted by atomic mass is 79.9. The number of carbonyl (C=O) groups excluding carboxylic acids is 1. The molecule has 3 nitrogen and oxygen atoms in total. The van der Waals surface area contributed by atoms with Gasteiger partial charge >= 0.3 is 0 Å². The molecule has 0 unspecified atom stereocenters. The number of halogens is 1. The molecule has 0 aliphatic rings. The lowest BCUT2D eigenvalue weighted by atomic mass is 10.3. The number of benzene rings is 2. The van der Waals surface area contributed by atoms with Crippen LogP contribution in [0.4, 0.5) is 5.69 Å². The second-order valence-corrected chi connectivity index (χ2v) is 4.49. The van der Waals surface area contributed by atoms with Gasteiger partial charge in [-0.15, -0.1) is 0 Å². The number of para-hydroxylation sites is 2. The molecule has 0 aliphatic carbocycles. The van der Waals surface area contributed by atoms with Crippen molar-refractivity contribution < 1.29 is 9.53 Å². The third kappa shape index (κ3) is 3.60. The molecule has 0 aliphatic heterocycles. The number of hydrogen-bond donors (Lipinski definition) is 1. The first kappa shape index (κ1) is 12.6. The minimum atomic E-state index is -0.183. The van der Waals surface area contributed by atoms with E-state index in [1.54, 1.807) is 6.07 Å². The van der Waals surface area contributed by atoms with Gasteiger partial charge in [0.1, 0.15) is 5.75 Å². The molecule has 0 saturated carbocycles. The molecule has 1 N–H and O–H groups in total. The Morgan fingerprint density at radius 2 is 1.72 bits per heavy atom. The molecule has 4 heteroatoms. The number of anilines is 1. The van der Waals surface area contributed by atoms with Gasteiger partial charge in [-0.25, -0.2) is 0 Å². The van der Waals surface area contributed by atoms with Crippen LogP contribution < -0.4 is 10.1 Å². The molecule has 0 bridgehead atoms. The van der Waals surface area contributed by atoms with Crippen molar-refractivity contribution in [1.82, 2.24) is 0 Å². The summed E-state index contributed by atoms with van der Waals surface area (Å²) in [6.45, 7) is -0.0164. The standard InChI is InChI=1S/C14H12BrNO2/c15-12-8-4-5-9-13(12)18-10-14(17)16-11-6-2-1-3-7-11/h1-9H,10H2,(H,16,17). The van der Waals surface area contributed by atoms with E-state index in [0.29, 0.717) is 5.75 Å². The fourth-order valence-electron chi connectivity index (χ4n) is 1.42. The Kier molecular flexibility index (Phi) is 4.36.